The maximum absolute atomic E-state index is 6.38. The van der Waals surface area contributed by atoms with Crippen molar-refractivity contribution in [2.45, 2.75) is 26.3 Å². The number of guanidine groups is 1. The van der Waals surface area contributed by atoms with Gasteiger partial charge in [0.2, 0.25) is 0 Å². The number of benzene rings is 1. The van der Waals surface area contributed by atoms with E-state index in [1.807, 2.05) is 12.1 Å². The molecule has 0 amide bonds. The average molecular weight is 382 g/mol. The Morgan fingerprint density at radius 3 is 2.92 bits per heavy atom. The zero-order chi connectivity index (χ0) is 18.4. The lowest BCUT2D eigenvalue weighted by Gasteiger charge is -2.24. The lowest BCUT2D eigenvalue weighted by atomic mass is 10.1. The van der Waals surface area contributed by atoms with Gasteiger partial charge in [0, 0.05) is 39.1 Å². The van der Waals surface area contributed by atoms with E-state index in [0.29, 0.717) is 42.2 Å². The molecule has 1 N–H and O–H groups in total. The molecule has 0 saturated carbocycles. The third-order valence-corrected chi connectivity index (χ3v) is 4.81. The van der Waals surface area contributed by atoms with E-state index >= 15 is 0 Å². The lowest BCUT2D eigenvalue weighted by molar-refractivity contribution is 0.181. The van der Waals surface area contributed by atoms with Crippen molar-refractivity contribution in [1.82, 2.24) is 10.2 Å². The summed E-state index contributed by atoms with van der Waals surface area (Å²) in [5.41, 5.74) is 1.01. The summed E-state index contributed by atoms with van der Waals surface area (Å²) in [6, 6.07) is 3.89. The van der Waals surface area contributed by atoms with Crippen LogP contribution in [0.25, 0.3) is 0 Å². The Kier molecular flexibility index (Phi) is 6.86. The largest absolute Gasteiger partial charge is 0.489 e. The molecule has 7 heteroatoms. The molecular formula is C19H28ClN3O3. The van der Waals surface area contributed by atoms with Crippen LogP contribution >= 0.6 is 11.6 Å². The summed E-state index contributed by atoms with van der Waals surface area (Å²) in [5, 5.41) is 3.94. The van der Waals surface area contributed by atoms with Gasteiger partial charge < -0.3 is 24.4 Å². The first-order valence-electron chi connectivity index (χ1n) is 9.32. The van der Waals surface area contributed by atoms with E-state index in [1.165, 1.54) is 0 Å². The van der Waals surface area contributed by atoms with Gasteiger partial charge in [0.1, 0.15) is 0 Å². The molecule has 6 nitrogen and oxygen atoms in total. The van der Waals surface area contributed by atoms with Crippen molar-refractivity contribution in [3.8, 4) is 11.5 Å². The van der Waals surface area contributed by atoms with Crippen molar-refractivity contribution in [2.75, 3.05) is 46.6 Å². The molecule has 3 rings (SSSR count). The smallest absolute Gasteiger partial charge is 0.193 e. The van der Waals surface area contributed by atoms with Crippen LogP contribution in [0, 0.1) is 5.92 Å². The molecule has 1 aromatic carbocycles. The zero-order valence-corrected chi connectivity index (χ0v) is 16.3. The average Bonchev–Trinajstić information content (AvgIpc) is 3.01. The first-order chi connectivity index (χ1) is 12.7. The van der Waals surface area contributed by atoms with Gasteiger partial charge in [-0.2, -0.15) is 0 Å². The molecule has 26 heavy (non-hydrogen) atoms. The summed E-state index contributed by atoms with van der Waals surface area (Å²) in [4.78, 5) is 6.95. The molecule has 1 fully saturated rings. The second-order valence-electron chi connectivity index (χ2n) is 6.74. The topological polar surface area (TPSA) is 55.3 Å². The first kappa shape index (κ1) is 19.1. The van der Waals surface area contributed by atoms with E-state index < -0.39 is 0 Å². The molecule has 1 atom stereocenters. The number of nitrogens with one attached hydrogen (secondary N) is 1. The quantitative estimate of drug-likeness (QED) is 0.627. The summed E-state index contributed by atoms with van der Waals surface area (Å²) < 4.78 is 16.9. The van der Waals surface area contributed by atoms with Gasteiger partial charge in [-0.25, -0.2) is 4.99 Å². The third kappa shape index (κ3) is 4.95. The molecule has 1 unspecified atom stereocenters. The van der Waals surface area contributed by atoms with E-state index in [2.05, 4.69) is 24.2 Å². The van der Waals surface area contributed by atoms with Crippen LogP contribution in [-0.2, 0) is 11.3 Å². The highest BCUT2D eigenvalue weighted by molar-refractivity contribution is 6.32. The van der Waals surface area contributed by atoms with Gasteiger partial charge in [-0.3, -0.25) is 0 Å². The molecule has 0 spiro atoms. The molecule has 2 heterocycles. The number of aliphatic imine (C=N–C) groups is 1. The number of fused-ring (bicyclic) bond motifs is 1. The maximum Gasteiger partial charge on any atom is 0.193 e. The van der Waals surface area contributed by atoms with Crippen LogP contribution in [0.1, 0.15) is 25.3 Å². The van der Waals surface area contributed by atoms with E-state index in [0.717, 1.165) is 50.7 Å². The van der Waals surface area contributed by atoms with Crippen molar-refractivity contribution in [2.24, 2.45) is 10.9 Å². The zero-order valence-electron chi connectivity index (χ0n) is 15.6. The fourth-order valence-electron chi connectivity index (χ4n) is 3.21. The van der Waals surface area contributed by atoms with Crippen molar-refractivity contribution in [1.29, 1.82) is 0 Å². The number of rotatable bonds is 5. The van der Waals surface area contributed by atoms with Gasteiger partial charge in [-0.1, -0.05) is 11.6 Å². The van der Waals surface area contributed by atoms with Gasteiger partial charge in [-0.05, 0) is 31.0 Å². The monoisotopic (exact) mass is 381 g/mol. The Hall–Kier alpha value is -1.66. The standard InChI is InChI=1S/C19H28ClN3O3/c1-3-21-19(23(2)12-14-5-8-24-13-14)22-11-15-9-16(20)18-17(10-15)25-6-4-7-26-18/h9-10,14H,3-8,11-13H2,1-2H3,(H,21,22). The Morgan fingerprint density at radius 1 is 1.31 bits per heavy atom. The molecular weight excluding hydrogens is 354 g/mol. The summed E-state index contributed by atoms with van der Waals surface area (Å²) >= 11 is 6.38. The summed E-state index contributed by atoms with van der Waals surface area (Å²) in [6.45, 7) is 7.34. The number of halogens is 1. The summed E-state index contributed by atoms with van der Waals surface area (Å²) in [6.07, 6.45) is 1.97. The minimum atomic E-state index is 0.532. The van der Waals surface area contributed by atoms with Crippen molar-refractivity contribution in [3.05, 3.63) is 22.7 Å². The Balaban J connectivity index is 1.70. The molecule has 0 aliphatic carbocycles. The van der Waals surface area contributed by atoms with Gasteiger partial charge in [0.15, 0.2) is 17.5 Å². The van der Waals surface area contributed by atoms with Crippen molar-refractivity contribution < 1.29 is 14.2 Å². The van der Waals surface area contributed by atoms with E-state index in [9.17, 15) is 0 Å². The minimum absolute atomic E-state index is 0.532. The van der Waals surface area contributed by atoms with Gasteiger partial charge in [0.05, 0.1) is 31.4 Å². The molecule has 0 aromatic heterocycles. The molecule has 0 radical (unpaired) electrons. The SMILES string of the molecule is CCNC(=NCc1cc(Cl)c2c(c1)OCCCO2)N(C)CC1CCOC1. The highest BCUT2D eigenvalue weighted by atomic mass is 35.5. The van der Waals surface area contributed by atoms with Crippen LogP contribution in [0.2, 0.25) is 5.02 Å². The molecule has 144 valence electrons. The number of hydrogen-bond donors (Lipinski definition) is 1. The van der Waals surface area contributed by atoms with Crippen LogP contribution in [0.4, 0.5) is 0 Å². The van der Waals surface area contributed by atoms with Crippen LogP contribution in [0.5, 0.6) is 11.5 Å². The predicted molar refractivity (Wildman–Crippen MR) is 103 cm³/mol. The number of nitrogens with zero attached hydrogens (tertiary/aromatic N) is 2. The lowest BCUT2D eigenvalue weighted by Crippen LogP contribution is -2.41. The van der Waals surface area contributed by atoms with Crippen molar-refractivity contribution >= 4 is 17.6 Å². The summed E-state index contributed by atoms with van der Waals surface area (Å²) in [7, 11) is 2.07. The van der Waals surface area contributed by atoms with E-state index in [4.69, 9.17) is 30.8 Å². The fraction of sp³-hybridized carbons (Fsp3) is 0.632. The maximum atomic E-state index is 6.38. The number of hydrogen-bond acceptors (Lipinski definition) is 4. The molecule has 2 aliphatic heterocycles. The van der Waals surface area contributed by atoms with Crippen LogP contribution < -0.4 is 14.8 Å². The van der Waals surface area contributed by atoms with E-state index in [1.54, 1.807) is 0 Å². The molecule has 2 aliphatic rings. The fourth-order valence-corrected chi connectivity index (χ4v) is 3.50. The molecule has 1 saturated heterocycles. The molecule has 1 aromatic rings. The second-order valence-corrected chi connectivity index (χ2v) is 7.14. The van der Waals surface area contributed by atoms with Gasteiger partial charge in [-0.15, -0.1) is 0 Å². The second kappa shape index (κ2) is 9.33. The van der Waals surface area contributed by atoms with Crippen LogP contribution in [-0.4, -0.2) is 57.4 Å². The predicted octanol–water partition coefficient (Wildman–Crippen LogP) is 2.94. The Morgan fingerprint density at radius 2 is 2.15 bits per heavy atom. The summed E-state index contributed by atoms with van der Waals surface area (Å²) in [5.74, 6) is 2.81. The van der Waals surface area contributed by atoms with Crippen LogP contribution in [0.15, 0.2) is 17.1 Å². The number of ether oxygens (including phenoxy) is 3. The normalized spacial score (nSPS) is 20.0. The highest BCUT2D eigenvalue weighted by Crippen LogP contribution is 2.38. The van der Waals surface area contributed by atoms with Gasteiger partial charge >= 0.3 is 0 Å². The van der Waals surface area contributed by atoms with Crippen molar-refractivity contribution in [3.63, 3.8) is 0 Å². The third-order valence-electron chi connectivity index (χ3n) is 4.53. The molecule has 0 bridgehead atoms. The van der Waals surface area contributed by atoms with Gasteiger partial charge in [0.25, 0.3) is 0 Å². The van der Waals surface area contributed by atoms with E-state index in [-0.39, 0.29) is 0 Å². The van der Waals surface area contributed by atoms with Crippen LogP contribution in [0.3, 0.4) is 0 Å². The first-order valence-corrected chi connectivity index (χ1v) is 9.70. The minimum Gasteiger partial charge on any atom is -0.489 e. The Bertz CT molecular complexity index is 633. The highest BCUT2D eigenvalue weighted by Gasteiger charge is 2.19. The Labute approximate surface area is 160 Å².